The zero-order valence-corrected chi connectivity index (χ0v) is 24.0. The first kappa shape index (κ1) is 32.4. The van der Waals surface area contributed by atoms with Gasteiger partial charge in [0.25, 0.3) is 0 Å². The summed E-state index contributed by atoms with van der Waals surface area (Å²) >= 11 is 0. The lowest BCUT2D eigenvalue weighted by Crippen LogP contribution is -2.39. The molecule has 5 nitrogen and oxygen atoms in total. The number of unbranched alkanes of at least 4 members (excludes halogenated alkanes) is 6. The van der Waals surface area contributed by atoms with Gasteiger partial charge in [-0.05, 0) is 66.5 Å². The molecule has 1 unspecified atom stereocenters. The summed E-state index contributed by atoms with van der Waals surface area (Å²) < 4.78 is 56.7. The monoisotopic (exact) mass is 579 g/mol. The molecule has 226 valence electrons. The highest BCUT2D eigenvalue weighted by molar-refractivity contribution is 5.93. The molecule has 0 aliphatic rings. The average molecular weight is 580 g/mol. The number of hydrogen-bond donors (Lipinski definition) is 3. The molecule has 0 spiro atoms. The van der Waals surface area contributed by atoms with Crippen LogP contribution in [0.25, 0.3) is 10.9 Å². The van der Waals surface area contributed by atoms with Crippen LogP contribution in [0, 0.1) is 5.82 Å². The quantitative estimate of drug-likeness (QED) is 0.117. The average Bonchev–Trinajstić information content (AvgIpc) is 3.27. The predicted octanol–water partition coefficient (Wildman–Crippen LogP) is 8.73. The molecule has 41 heavy (non-hydrogen) atoms. The molecular weight excluding hydrogens is 538 g/mol. The number of aliphatic hydroxyl groups is 1. The lowest BCUT2D eigenvalue weighted by atomic mass is 9.72. The Kier molecular flexibility index (Phi) is 10.9. The molecule has 3 aromatic rings. The first-order valence-electron chi connectivity index (χ1n) is 14.2. The summed E-state index contributed by atoms with van der Waals surface area (Å²) in [6.45, 7) is 3.89. The second kappa shape index (κ2) is 13.7. The molecule has 3 N–H and O–H groups in total. The van der Waals surface area contributed by atoms with Gasteiger partial charge in [0.05, 0.1) is 18.3 Å². The van der Waals surface area contributed by atoms with E-state index in [2.05, 4.69) is 4.98 Å². The molecule has 1 atom stereocenters. The molecule has 0 fully saturated rings. The van der Waals surface area contributed by atoms with E-state index in [9.17, 15) is 32.6 Å². The number of alkyl halides is 3. The number of carboxylic acids is 1. The molecule has 0 aliphatic heterocycles. The van der Waals surface area contributed by atoms with Gasteiger partial charge in [-0.3, -0.25) is 0 Å². The highest BCUT2D eigenvalue weighted by Crippen LogP contribution is 2.41. The number of fused-ring (bicyclic) bond motifs is 1. The normalized spacial score (nSPS) is 13.9. The fourth-order valence-electron chi connectivity index (χ4n) is 5.80. The summed E-state index contributed by atoms with van der Waals surface area (Å²) in [5.74, 6) is -0.876. The minimum Gasteiger partial charge on any atom is -0.496 e. The van der Waals surface area contributed by atoms with Gasteiger partial charge in [0.2, 0.25) is 0 Å². The first-order chi connectivity index (χ1) is 19.2. The summed E-state index contributed by atoms with van der Waals surface area (Å²) in [5.41, 5.74) is 0.419. The van der Waals surface area contributed by atoms with E-state index in [1.54, 1.807) is 18.2 Å². The van der Waals surface area contributed by atoms with E-state index in [0.29, 0.717) is 36.1 Å². The van der Waals surface area contributed by atoms with Gasteiger partial charge in [0.15, 0.2) is 0 Å². The van der Waals surface area contributed by atoms with Crippen molar-refractivity contribution in [1.29, 1.82) is 0 Å². The molecule has 2 aromatic carbocycles. The van der Waals surface area contributed by atoms with Crippen LogP contribution in [0.1, 0.15) is 99.7 Å². The number of aromatic nitrogens is 1. The molecule has 1 heterocycles. The van der Waals surface area contributed by atoms with Crippen molar-refractivity contribution in [2.75, 3.05) is 7.11 Å². The van der Waals surface area contributed by atoms with Crippen LogP contribution in [-0.2, 0) is 11.8 Å². The van der Waals surface area contributed by atoms with Crippen molar-refractivity contribution in [3.8, 4) is 5.75 Å². The second-order valence-corrected chi connectivity index (χ2v) is 11.8. The topological polar surface area (TPSA) is 82.6 Å². The number of rotatable bonds is 16. The molecule has 0 aliphatic carbocycles. The maximum absolute atomic E-state index is 14.2. The minimum absolute atomic E-state index is 0.153. The number of aromatic carboxylic acids is 1. The molecule has 9 heteroatoms. The van der Waals surface area contributed by atoms with Crippen molar-refractivity contribution in [2.24, 2.45) is 0 Å². The summed E-state index contributed by atoms with van der Waals surface area (Å²) in [7, 11) is 1.53. The predicted molar refractivity (Wildman–Crippen MR) is 152 cm³/mol. The second-order valence-electron chi connectivity index (χ2n) is 11.8. The maximum Gasteiger partial charge on any atom is 0.389 e. The van der Waals surface area contributed by atoms with Gasteiger partial charge in [-0.25, -0.2) is 9.18 Å². The third-order valence-corrected chi connectivity index (χ3v) is 7.71. The zero-order chi connectivity index (χ0) is 30.3. The molecule has 0 amide bonds. The zero-order valence-electron chi connectivity index (χ0n) is 24.0. The van der Waals surface area contributed by atoms with Gasteiger partial charge in [-0.15, -0.1) is 0 Å². The Hall–Kier alpha value is -3.07. The fraction of sp³-hybridized carbons (Fsp3) is 0.531. The van der Waals surface area contributed by atoms with Crippen molar-refractivity contribution in [1.82, 2.24) is 4.98 Å². The fourth-order valence-corrected chi connectivity index (χ4v) is 5.80. The number of carboxylic acid groups (broad SMARTS) is 1. The summed E-state index contributed by atoms with van der Waals surface area (Å²) in [6.07, 6.45) is 0.947. The van der Waals surface area contributed by atoms with Crippen LogP contribution in [0.15, 0.2) is 42.5 Å². The number of H-pyrrole nitrogens is 1. The number of benzene rings is 2. The molecule has 0 radical (unpaired) electrons. The van der Waals surface area contributed by atoms with Crippen LogP contribution in [0.3, 0.4) is 0 Å². The standard InChI is InChI=1S/C32H41F4NO4/c1-30(2,26-19-24(33)13-14-28(26)41-3)21-31(40,15-9-7-5-4-6-8-10-16-32(34,35)36)20-25-17-22-11-12-23(29(38)39)18-27(22)37-25/h11-14,17-19,37,40H,4-10,15-16,20-21H2,1-3H3,(H,38,39). The van der Waals surface area contributed by atoms with Crippen LogP contribution >= 0.6 is 0 Å². The first-order valence-corrected chi connectivity index (χ1v) is 14.2. The SMILES string of the molecule is COc1ccc(F)cc1C(C)(C)CC(O)(CCCCCCCCCC(F)(F)F)Cc1cc2ccc(C(=O)O)cc2[nH]1. The number of carbonyl (C=O) groups is 1. The van der Waals surface area contributed by atoms with Crippen LogP contribution in [0.5, 0.6) is 5.75 Å². The van der Waals surface area contributed by atoms with Crippen molar-refractivity contribution in [2.45, 2.75) is 102 Å². The van der Waals surface area contributed by atoms with E-state index < -0.39 is 35.4 Å². The highest BCUT2D eigenvalue weighted by atomic mass is 19.4. The lowest BCUT2D eigenvalue weighted by Gasteiger charge is -2.37. The van der Waals surface area contributed by atoms with Gasteiger partial charge in [-0.2, -0.15) is 13.2 Å². The van der Waals surface area contributed by atoms with Crippen LogP contribution in [-0.4, -0.2) is 40.1 Å². The number of halogens is 4. The maximum atomic E-state index is 14.2. The third-order valence-electron chi connectivity index (χ3n) is 7.71. The Morgan fingerprint density at radius 3 is 2.15 bits per heavy atom. The van der Waals surface area contributed by atoms with Crippen LogP contribution in [0.4, 0.5) is 17.6 Å². The van der Waals surface area contributed by atoms with Gasteiger partial charge >= 0.3 is 12.1 Å². The summed E-state index contributed by atoms with van der Waals surface area (Å²) in [5, 5.41) is 22.2. The van der Waals surface area contributed by atoms with Crippen molar-refractivity contribution in [3.05, 3.63) is 65.1 Å². The molecule has 3 rings (SSSR count). The number of methoxy groups -OCH3 is 1. The number of aromatic amines is 1. The molecule has 0 bridgehead atoms. The lowest BCUT2D eigenvalue weighted by molar-refractivity contribution is -0.135. The highest BCUT2D eigenvalue weighted by Gasteiger charge is 2.37. The Morgan fingerprint density at radius 1 is 0.902 bits per heavy atom. The van der Waals surface area contributed by atoms with Gasteiger partial charge in [-0.1, -0.05) is 58.4 Å². The molecule has 0 saturated carbocycles. The third kappa shape index (κ3) is 9.76. The van der Waals surface area contributed by atoms with Crippen molar-refractivity contribution >= 4 is 16.9 Å². The smallest absolute Gasteiger partial charge is 0.389 e. The van der Waals surface area contributed by atoms with Gasteiger partial charge in [0, 0.05) is 29.6 Å². The molecule has 1 aromatic heterocycles. The van der Waals surface area contributed by atoms with E-state index in [1.165, 1.54) is 25.3 Å². The van der Waals surface area contributed by atoms with E-state index in [0.717, 1.165) is 43.2 Å². The number of nitrogens with one attached hydrogen (secondary N) is 1. The Bertz CT molecular complexity index is 1300. The largest absolute Gasteiger partial charge is 0.496 e. The summed E-state index contributed by atoms with van der Waals surface area (Å²) in [6, 6.07) is 11.1. The Balaban J connectivity index is 1.72. The molecular formula is C32H41F4NO4. The van der Waals surface area contributed by atoms with E-state index in [-0.39, 0.29) is 18.4 Å². The van der Waals surface area contributed by atoms with E-state index in [1.807, 2.05) is 19.9 Å². The number of hydrogen-bond acceptors (Lipinski definition) is 3. The van der Waals surface area contributed by atoms with Crippen molar-refractivity contribution < 1.29 is 37.3 Å². The van der Waals surface area contributed by atoms with E-state index in [4.69, 9.17) is 4.74 Å². The Labute approximate surface area is 238 Å². The van der Waals surface area contributed by atoms with Crippen LogP contribution in [0.2, 0.25) is 0 Å². The number of ether oxygens (including phenoxy) is 1. The van der Waals surface area contributed by atoms with E-state index >= 15 is 0 Å². The Morgan fingerprint density at radius 2 is 1.54 bits per heavy atom. The van der Waals surface area contributed by atoms with Crippen LogP contribution < -0.4 is 4.74 Å². The van der Waals surface area contributed by atoms with Gasteiger partial charge in [0.1, 0.15) is 11.6 Å². The molecule has 0 saturated heterocycles. The van der Waals surface area contributed by atoms with Crippen molar-refractivity contribution in [3.63, 3.8) is 0 Å². The van der Waals surface area contributed by atoms with Gasteiger partial charge < -0.3 is 19.9 Å². The summed E-state index contributed by atoms with van der Waals surface area (Å²) in [4.78, 5) is 14.7. The minimum atomic E-state index is -4.10.